The summed E-state index contributed by atoms with van der Waals surface area (Å²) in [6.07, 6.45) is 2.28. The second-order valence-electron chi connectivity index (χ2n) is 4.32. The van der Waals surface area contributed by atoms with Crippen LogP contribution in [-0.4, -0.2) is 0 Å². The maximum atomic E-state index is 13.1. The summed E-state index contributed by atoms with van der Waals surface area (Å²) < 4.78 is 18.7. The molecule has 1 aromatic carbocycles. The van der Waals surface area contributed by atoms with Crippen LogP contribution in [0.25, 0.3) is 11.0 Å². The van der Waals surface area contributed by atoms with E-state index in [1.807, 2.05) is 0 Å². The van der Waals surface area contributed by atoms with E-state index in [9.17, 15) is 4.39 Å². The zero-order valence-corrected chi connectivity index (χ0v) is 9.30. The first-order valence-electron chi connectivity index (χ1n) is 5.29. The molecule has 1 aliphatic carbocycles. The first-order chi connectivity index (χ1) is 7.65. The normalized spacial score (nSPS) is 17.9. The van der Waals surface area contributed by atoms with Crippen LogP contribution in [0.1, 0.15) is 24.6 Å². The molecule has 16 heavy (non-hydrogen) atoms. The molecule has 1 atom stereocenters. The highest BCUT2D eigenvalue weighted by atomic mass is 35.5. The standard InChI is InChI=1S/C12H11ClFNO/c13-9-5-8(14)3-7-4-10(16-12(7)9)11(15)6-1-2-6/h3-6,11H,1-2,15H2. The number of fused-ring (bicyclic) bond motifs is 1. The summed E-state index contributed by atoms with van der Waals surface area (Å²) in [4.78, 5) is 0. The minimum absolute atomic E-state index is 0.0912. The number of furan rings is 1. The van der Waals surface area contributed by atoms with Gasteiger partial charge in [0.2, 0.25) is 0 Å². The molecule has 2 nitrogen and oxygen atoms in total. The Labute approximate surface area is 97.2 Å². The van der Waals surface area contributed by atoms with Crippen LogP contribution in [-0.2, 0) is 0 Å². The third-order valence-corrected chi connectivity index (χ3v) is 3.29. The summed E-state index contributed by atoms with van der Waals surface area (Å²) in [6.45, 7) is 0. The topological polar surface area (TPSA) is 39.2 Å². The van der Waals surface area contributed by atoms with Crippen molar-refractivity contribution in [2.75, 3.05) is 0 Å². The first kappa shape index (κ1) is 10.1. The predicted molar refractivity (Wildman–Crippen MR) is 60.8 cm³/mol. The van der Waals surface area contributed by atoms with E-state index in [0.29, 0.717) is 27.7 Å². The largest absolute Gasteiger partial charge is 0.458 e. The van der Waals surface area contributed by atoms with Crippen LogP contribution in [0, 0.1) is 11.7 Å². The minimum Gasteiger partial charge on any atom is -0.458 e. The molecule has 4 heteroatoms. The van der Waals surface area contributed by atoms with Gasteiger partial charge in [0.25, 0.3) is 0 Å². The molecule has 0 spiro atoms. The van der Waals surface area contributed by atoms with Gasteiger partial charge in [-0.3, -0.25) is 0 Å². The van der Waals surface area contributed by atoms with E-state index in [1.165, 1.54) is 12.1 Å². The Kier molecular flexibility index (Phi) is 2.19. The molecule has 1 heterocycles. The minimum atomic E-state index is -0.357. The molecule has 2 N–H and O–H groups in total. The summed E-state index contributed by atoms with van der Waals surface area (Å²) >= 11 is 5.90. The molecular formula is C12H11ClFNO. The third kappa shape index (κ3) is 1.60. The summed E-state index contributed by atoms with van der Waals surface area (Å²) in [5, 5.41) is 0.973. The number of halogens is 2. The maximum Gasteiger partial charge on any atom is 0.153 e. The van der Waals surface area contributed by atoms with Gasteiger partial charge in [-0.15, -0.1) is 0 Å². The average molecular weight is 240 g/mol. The van der Waals surface area contributed by atoms with Crippen LogP contribution >= 0.6 is 11.6 Å². The van der Waals surface area contributed by atoms with E-state index < -0.39 is 0 Å². The maximum absolute atomic E-state index is 13.1. The van der Waals surface area contributed by atoms with Crippen molar-refractivity contribution in [2.45, 2.75) is 18.9 Å². The van der Waals surface area contributed by atoms with Crippen molar-refractivity contribution >= 4 is 22.6 Å². The van der Waals surface area contributed by atoms with Crippen LogP contribution in [0.5, 0.6) is 0 Å². The smallest absolute Gasteiger partial charge is 0.153 e. The van der Waals surface area contributed by atoms with Crippen molar-refractivity contribution in [1.82, 2.24) is 0 Å². The highest BCUT2D eigenvalue weighted by Crippen LogP contribution is 2.41. The van der Waals surface area contributed by atoms with Gasteiger partial charge in [-0.1, -0.05) is 11.6 Å². The van der Waals surface area contributed by atoms with E-state index in [4.69, 9.17) is 21.8 Å². The van der Waals surface area contributed by atoms with Crippen molar-refractivity contribution in [3.05, 3.63) is 34.8 Å². The second kappa shape index (κ2) is 3.47. The SMILES string of the molecule is NC(c1cc2cc(F)cc(Cl)c2o1)C1CC1. The predicted octanol–water partition coefficient (Wildman–Crippen LogP) is 3.64. The van der Waals surface area contributed by atoms with Crippen LogP contribution in [0.3, 0.4) is 0 Å². The van der Waals surface area contributed by atoms with Crippen molar-refractivity contribution < 1.29 is 8.81 Å². The lowest BCUT2D eigenvalue weighted by Crippen LogP contribution is -2.10. The van der Waals surface area contributed by atoms with Gasteiger partial charge >= 0.3 is 0 Å². The van der Waals surface area contributed by atoms with Crippen LogP contribution < -0.4 is 5.73 Å². The lowest BCUT2D eigenvalue weighted by Gasteiger charge is -2.04. The Bertz CT molecular complexity index is 547. The number of hydrogen-bond acceptors (Lipinski definition) is 2. The molecule has 1 saturated carbocycles. The molecular weight excluding hydrogens is 229 g/mol. The van der Waals surface area contributed by atoms with E-state index >= 15 is 0 Å². The molecule has 2 aromatic rings. The van der Waals surface area contributed by atoms with Gasteiger partial charge in [-0.25, -0.2) is 4.39 Å². The molecule has 84 valence electrons. The molecule has 1 aromatic heterocycles. The molecule has 0 amide bonds. The van der Waals surface area contributed by atoms with Crippen molar-refractivity contribution in [1.29, 1.82) is 0 Å². The summed E-state index contributed by atoms with van der Waals surface area (Å²) in [7, 11) is 0. The van der Waals surface area contributed by atoms with Gasteiger partial charge in [-0.2, -0.15) is 0 Å². The van der Waals surface area contributed by atoms with Crippen molar-refractivity contribution in [2.24, 2.45) is 11.7 Å². The highest BCUT2D eigenvalue weighted by Gasteiger charge is 2.31. The van der Waals surface area contributed by atoms with E-state index in [2.05, 4.69) is 0 Å². The van der Waals surface area contributed by atoms with Crippen molar-refractivity contribution in [3.8, 4) is 0 Å². The average Bonchev–Trinajstić information content (AvgIpc) is 2.97. The molecule has 1 aliphatic rings. The third-order valence-electron chi connectivity index (χ3n) is 3.01. The fraction of sp³-hybridized carbons (Fsp3) is 0.333. The Morgan fingerprint density at radius 3 is 2.81 bits per heavy atom. The van der Waals surface area contributed by atoms with Crippen molar-refractivity contribution in [3.63, 3.8) is 0 Å². The number of rotatable bonds is 2. The van der Waals surface area contributed by atoms with E-state index in [1.54, 1.807) is 6.07 Å². The Morgan fingerprint density at radius 2 is 2.12 bits per heavy atom. The zero-order chi connectivity index (χ0) is 11.3. The molecule has 0 radical (unpaired) electrons. The monoisotopic (exact) mass is 239 g/mol. The quantitative estimate of drug-likeness (QED) is 0.869. The van der Waals surface area contributed by atoms with Gasteiger partial charge in [0.15, 0.2) is 5.58 Å². The Morgan fingerprint density at radius 1 is 1.38 bits per heavy atom. The Hall–Kier alpha value is -1.06. The van der Waals surface area contributed by atoms with Gasteiger partial charge < -0.3 is 10.2 Å². The Balaban J connectivity index is 2.11. The van der Waals surface area contributed by atoms with Gasteiger partial charge in [0.05, 0.1) is 11.1 Å². The number of nitrogens with two attached hydrogens (primary N) is 1. The number of hydrogen-bond donors (Lipinski definition) is 1. The molecule has 1 fully saturated rings. The second-order valence-corrected chi connectivity index (χ2v) is 4.73. The van der Waals surface area contributed by atoms with E-state index in [0.717, 1.165) is 12.8 Å². The van der Waals surface area contributed by atoms with Crippen LogP contribution in [0.4, 0.5) is 4.39 Å². The lowest BCUT2D eigenvalue weighted by atomic mass is 10.1. The lowest BCUT2D eigenvalue weighted by molar-refractivity contribution is 0.467. The molecule has 1 unspecified atom stereocenters. The molecule has 0 bridgehead atoms. The van der Waals surface area contributed by atoms with Gasteiger partial charge in [0, 0.05) is 5.39 Å². The first-order valence-corrected chi connectivity index (χ1v) is 5.67. The van der Waals surface area contributed by atoms with Crippen LogP contribution in [0.2, 0.25) is 5.02 Å². The molecule has 0 aliphatic heterocycles. The summed E-state index contributed by atoms with van der Waals surface area (Å²) in [5.74, 6) is 0.846. The fourth-order valence-electron chi connectivity index (χ4n) is 1.95. The van der Waals surface area contributed by atoms with Gasteiger partial charge in [-0.05, 0) is 37.0 Å². The summed E-state index contributed by atoms with van der Waals surface area (Å²) in [5.41, 5.74) is 6.54. The van der Waals surface area contributed by atoms with E-state index in [-0.39, 0.29) is 11.9 Å². The summed E-state index contributed by atoms with van der Waals surface area (Å²) in [6, 6.07) is 4.35. The zero-order valence-electron chi connectivity index (χ0n) is 8.54. The van der Waals surface area contributed by atoms with Crippen LogP contribution in [0.15, 0.2) is 22.6 Å². The molecule has 3 rings (SSSR count). The van der Waals surface area contributed by atoms with Gasteiger partial charge in [0.1, 0.15) is 11.6 Å². The molecule has 0 saturated heterocycles. The highest BCUT2D eigenvalue weighted by molar-refractivity contribution is 6.34. The number of benzene rings is 1. The fourth-order valence-corrected chi connectivity index (χ4v) is 2.20.